The minimum Gasteiger partial charge on any atom is -0.423 e. The fraction of sp³-hybridized carbons (Fsp3) is 0.0417. The average molecular weight is 451 g/mol. The van der Waals surface area contributed by atoms with Crippen molar-refractivity contribution in [2.75, 3.05) is 5.32 Å². The normalized spacial score (nSPS) is 10.8. The van der Waals surface area contributed by atoms with Gasteiger partial charge in [0.25, 0.3) is 5.91 Å². The van der Waals surface area contributed by atoms with Crippen LogP contribution in [0.15, 0.2) is 72.3 Å². The molecule has 5 nitrogen and oxygen atoms in total. The van der Waals surface area contributed by atoms with Crippen molar-refractivity contribution in [3.63, 3.8) is 0 Å². The van der Waals surface area contributed by atoms with Gasteiger partial charge >= 0.3 is 5.97 Å². The molecule has 0 saturated carbocycles. The SMILES string of the molecule is Cc1cccc(NC(=O)/C(C#N)=C/c2ccc(OC(=O)c3ccc(Cl)c(Cl)c3)cc2)c1. The number of benzene rings is 3. The molecule has 31 heavy (non-hydrogen) atoms. The van der Waals surface area contributed by atoms with E-state index in [2.05, 4.69) is 5.32 Å². The van der Waals surface area contributed by atoms with Gasteiger partial charge in [-0.3, -0.25) is 4.79 Å². The molecule has 0 aromatic heterocycles. The monoisotopic (exact) mass is 450 g/mol. The van der Waals surface area contributed by atoms with E-state index in [0.717, 1.165) is 5.56 Å². The van der Waals surface area contributed by atoms with Crippen LogP contribution >= 0.6 is 23.2 Å². The molecule has 0 fully saturated rings. The van der Waals surface area contributed by atoms with Crippen molar-refractivity contribution >= 4 is 46.8 Å². The maximum absolute atomic E-state index is 12.4. The van der Waals surface area contributed by atoms with Gasteiger partial charge in [0.15, 0.2) is 0 Å². The zero-order valence-corrected chi connectivity index (χ0v) is 17.9. The highest BCUT2D eigenvalue weighted by Gasteiger charge is 2.12. The van der Waals surface area contributed by atoms with E-state index in [1.165, 1.54) is 24.3 Å². The quantitative estimate of drug-likeness (QED) is 0.221. The number of carbonyl (C=O) groups excluding carboxylic acids is 2. The number of anilines is 1. The number of rotatable bonds is 5. The predicted octanol–water partition coefficient (Wildman–Crippen LogP) is 6.07. The van der Waals surface area contributed by atoms with Gasteiger partial charge in [-0.1, -0.05) is 47.5 Å². The largest absolute Gasteiger partial charge is 0.423 e. The molecule has 3 aromatic rings. The van der Waals surface area contributed by atoms with Crippen molar-refractivity contribution in [2.45, 2.75) is 6.92 Å². The number of hydrogen-bond donors (Lipinski definition) is 1. The lowest BCUT2D eigenvalue weighted by molar-refractivity contribution is -0.112. The summed E-state index contributed by atoms with van der Waals surface area (Å²) in [6, 6.07) is 20.0. The standard InChI is InChI=1S/C24H16Cl2N2O3/c1-15-3-2-4-19(11-15)28-23(29)18(14-27)12-16-5-8-20(9-6-16)31-24(30)17-7-10-21(25)22(26)13-17/h2-13H,1H3,(H,28,29)/b18-12+. The number of ether oxygens (including phenoxy) is 1. The van der Waals surface area contributed by atoms with Gasteiger partial charge in [-0.15, -0.1) is 0 Å². The van der Waals surface area contributed by atoms with Gasteiger partial charge in [-0.05, 0) is 66.6 Å². The van der Waals surface area contributed by atoms with Crippen molar-refractivity contribution in [1.82, 2.24) is 0 Å². The second-order valence-corrected chi connectivity index (χ2v) is 7.40. The summed E-state index contributed by atoms with van der Waals surface area (Å²) in [6.45, 7) is 1.91. The van der Waals surface area contributed by atoms with E-state index in [0.29, 0.717) is 22.0 Å². The summed E-state index contributed by atoms with van der Waals surface area (Å²) in [5, 5.41) is 12.7. The molecule has 154 valence electrons. The van der Waals surface area contributed by atoms with Crippen molar-refractivity contribution in [1.29, 1.82) is 5.26 Å². The van der Waals surface area contributed by atoms with E-state index >= 15 is 0 Å². The lowest BCUT2D eigenvalue weighted by atomic mass is 10.1. The van der Waals surface area contributed by atoms with E-state index < -0.39 is 11.9 Å². The summed E-state index contributed by atoms with van der Waals surface area (Å²) in [4.78, 5) is 24.6. The maximum Gasteiger partial charge on any atom is 0.343 e. The number of nitriles is 1. The maximum atomic E-state index is 12.4. The summed E-state index contributed by atoms with van der Waals surface area (Å²) in [5.41, 5.74) is 2.41. The number of nitrogens with one attached hydrogen (secondary N) is 1. The van der Waals surface area contributed by atoms with Crippen LogP contribution < -0.4 is 10.1 Å². The van der Waals surface area contributed by atoms with Crippen LogP contribution in [0.5, 0.6) is 5.75 Å². The number of halogens is 2. The zero-order valence-electron chi connectivity index (χ0n) is 16.4. The second kappa shape index (κ2) is 9.94. The Morgan fingerprint density at radius 2 is 1.74 bits per heavy atom. The van der Waals surface area contributed by atoms with Gasteiger partial charge in [0, 0.05) is 5.69 Å². The van der Waals surface area contributed by atoms with Crippen LogP contribution in [0.2, 0.25) is 10.0 Å². The molecule has 0 heterocycles. The zero-order chi connectivity index (χ0) is 22.4. The fourth-order valence-corrected chi connectivity index (χ4v) is 2.96. The van der Waals surface area contributed by atoms with Gasteiger partial charge in [0.1, 0.15) is 17.4 Å². The molecule has 3 rings (SSSR count). The lowest BCUT2D eigenvalue weighted by Gasteiger charge is -2.06. The van der Waals surface area contributed by atoms with Crippen LogP contribution in [0.3, 0.4) is 0 Å². The topological polar surface area (TPSA) is 79.2 Å². The van der Waals surface area contributed by atoms with Crippen LogP contribution in [0.1, 0.15) is 21.5 Å². The van der Waals surface area contributed by atoms with Crippen molar-refractivity contribution in [3.8, 4) is 11.8 Å². The van der Waals surface area contributed by atoms with Crippen LogP contribution in [-0.4, -0.2) is 11.9 Å². The van der Waals surface area contributed by atoms with E-state index in [1.807, 2.05) is 31.2 Å². The molecule has 0 saturated heterocycles. The molecule has 0 atom stereocenters. The van der Waals surface area contributed by atoms with Gasteiger partial charge in [-0.25, -0.2) is 4.79 Å². The molecule has 1 N–H and O–H groups in total. The first-order chi connectivity index (χ1) is 14.9. The average Bonchev–Trinajstić information content (AvgIpc) is 2.75. The first-order valence-corrected chi connectivity index (χ1v) is 9.88. The Hall–Kier alpha value is -3.59. The highest BCUT2D eigenvalue weighted by molar-refractivity contribution is 6.42. The summed E-state index contributed by atoms with van der Waals surface area (Å²) >= 11 is 11.8. The number of nitrogens with zero attached hydrogens (tertiary/aromatic N) is 1. The predicted molar refractivity (Wildman–Crippen MR) is 121 cm³/mol. The first-order valence-electron chi connectivity index (χ1n) is 9.13. The van der Waals surface area contributed by atoms with Crippen LogP contribution in [0, 0.1) is 18.3 Å². The number of esters is 1. The molecule has 0 aliphatic carbocycles. The third kappa shape index (κ3) is 5.95. The van der Waals surface area contributed by atoms with Crippen LogP contribution in [-0.2, 0) is 4.79 Å². The second-order valence-electron chi connectivity index (χ2n) is 6.58. The smallest absolute Gasteiger partial charge is 0.343 e. The minimum absolute atomic E-state index is 0.0537. The Labute approximate surface area is 189 Å². The number of amides is 1. The van der Waals surface area contributed by atoms with Crippen molar-refractivity contribution < 1.29 is 14.3 Å². The first kappa shape index (κ1) is 22.1. The fourth-order valence-electron chi connectivity index (χ4n) is 2.66. The third-order valence-electron chi connectivity index (χ3n) is 4.20. The number of aryl methyl sites for hydroxylation is 1. The van der Waals surface area contributed by atoms with Gasteiger partial charge in [0.2, 0.25) is 0 Å². The molecular formula is C24H16Cl2N2O3. The van der Waals surface area contributed by atoms with Crippen molar-refractivity contribution in [3.05, 3.63) is 99.0 Å². The summed E-state index contributed by atoms with van der Waals surface area (Å²) in [5.74, 6) is -0.795. The Morgan fingerprint density at radius 1 is 1.00 bits per heavy atom. The van der Waals surface area contributed by atoms with E-state index in [1.54, 1.807) is 30.3 Å². The molecule has 0 spiro atoms. The highest BCUT2D eigenvalue weighted by Crippen LogP contribution is 2.24. The van der Waals surface area contributed by atoms with Crippen LogP contribution in [0.25, 0.3) is 6.08 Å². The van der Waals surface area contributed by atoms with Crippen molar-refractivity contribution in [2.24, 2.45) is 0 Å². The van der Waals surface area contributed by atoms with E-state index in [-0.39, 0.29) is 16.2 Å². The Kier molecular flexibility index (Phi) is 7.09. The minimum atomic E-state index is -0.586. The molecule has 0 bridgehead atoms. The Balaban J connectivity index is 1.69. The van der Waals surface area contributed by atoms with Gasteiger partial charge in [0.05, 0.1) is 15.6 Å². The van der Waals surface area contributed by atoms with Gasteiger partial charge < -0.3 is 10.1 Å². The summed E-state index contributed by atoms with van der Waals surface area (Å²) < 4.78 is 5.31. The third-order valence-corrected chi connectivity index (χ3v) is 4.94. The molecule has 0 unspecified atom stereocenters. The lowest BCUT2D eigenvalue weighted by Crippen LogP contribution is -2.13. The Bertz CT molecular complexity index is 1210. The number of hydrogen-bond acceptors (Lipinski definition) is 4. The van der Waals surface area contributed by atoms with E-state index in [4.69, 9.17) is 27.9 Å². The number of carbonyl (C=O) groups is 2. The van der Waals surface area contributed by atoms with Gasteiger partial charge in [-0.2, -0.15) is 5.26 Å². The highest BCUT2D eigenvalue weighted by atomic mass is 35.5. The summed E-state index contributed by atoms with van der Waals surface area (Å²) in [6.07, 6.45) is 1.45. The molecule has 7 heteroatoms. The molecule has 0 radical (unpaired) electrons. The van der Waals surface area contributed by atoms with E-state index in [9.17, 15) is 14.9 Å². The molecule has 3 aromatic carbocycles. The molecule has 0 aliphatic rings. The molecular weight excluding hydrogens is 435 g/mol. The summed E-state index contributed by atoms with van der Waals surface area (Å²) in [7, 11) is 0. The Morgan fingerprint density at radius 3 is 2.39 bits per heavy atom. The molecule has 1 amide bonds. The van der Waals surface area contributed by atoms with Crippen LogP contribution in [0.4, 0.5) is 5.69 Å². The molecule has 0 aliphatic heterocycles.